The minimum atomic E-state index is -0.0645. The van der Waals surface area contributed by atoms with Crippen LogP contribution in [0.5, 0.6) is 0 Å². The molecule has 2 N–H and O–H groups in total. The first-order valence-electron chi connectivity index (χ1n) is 7.25. The second kappa shape index (κ2) is 5.25. The molecule has 1 aromatic rings. The highest BCUT2D eigenvalue weighted by Crippen LogP contribution is 2.30. The molecular weight excluding hydrogens is 238 g/mol. The summed E-state index contributed by atoms with van der Waals surface area (Å²) in [5.74, 6) is 0. The number of aryl methyl sites for hydroxylation is 1. The van der Waals surface area contributed by atoms with E-state index in [-0.39, 0.29) is 17.6 Å². The average molecular weight is 265 g/mol. The topological polar surface area (TPSA) is 50.1 Å². The number of nitrogens with one attached hydrogen (secondary N) is 1. The Balaban J connectivity index is 2.11. The highest BCUT2D eigenvalue weighted by Gasteiger charge is 2.33. The number of aliphatic hydroxyl groups is 1. The first kappa shape index (κ1) is 14.5. The van der Waals surface area contributed by atoms with Crippen molar-refractivity contribution in [2.75, 3.05) is 6.61 Å². The van der Waals surface area contributed by atoms with Crippen LogP contribution in [0.15, 0.2) is 6.20 Å². The predicted molar refractivity (Wildman–Crippen MR) is 77.0 cm³/mol. The molecule has 0 atom stereocenters. The van der Waals surface area contributed by atoms with Crippen molar-refractivity contribution < 1.29 is 5.11 Å². The number of rotatable bonds is 4. The number of hydrogen-bond donors (Lipinski definition) is 2. The Bertz CT molecular complexity index is 425. The average Bonchev–Trinajstić information content (AvgIpc) is 2.93. The van der Waals surface area contributed by atoms with Crippen LogP contribution in [-0.4, -0.2) is 27.0 Å². The number of hydrogen-bond acceptors (Lipinski definition) is 3. The van der Waals surface area contributed by atoms with Gasteiger partial charge in [0.1, 0.15) is 0 Å². The molecule has 0 spiro atoms. The molecule has 0 amide bonds. The normalized spacial score (nSPS) is 19.0. The highest BCUT2D eigenvalue weighted by atomic mass is 16.3. The van der Waals surface area contributed by atoms with E-state index >= 15 is 0 Å². The molecule has 4 nitrogen and oxygen atoms in total. The number of nitrogens with zero attached hydrogens (tertiary/aromatic N) is 2. The molecule has 0 aromatic carbocycles. The van der Waals surface area contributed by atoms with Gasteiger partial charge in [-0.05, 0) is 12.8 Å². The van der Waals surface area contributed by atoms with E-state index < -0.39 is 0 Å². The third-order valence-electron chi connectivity index (χ3n) is 4.13. The molecule has 0 bridgehead atoms. The fraction of sp³-hybridized carbons (Fsp3) is 0.800. The Kier molecular flexibility index (Phi) is 4.02. The van der Waals surface area contributed by atoms with Crippen LogP contribution in [0.2, 0.25) is 0 Å². The van der Waals surface area contributed by atoms with Gasteiger partial charge in [-0.25, -0.2) is 0 Å². The van der Waals surface area contributed by atoms with E-state index in [9.17, 15) is 5.11 Å². The summed E-state index contributed by atoms with van der Waals surface area (Å²) in [4.78, 5) is 0. The zero-order valence-electron chi connectivity index (χ0n) is 12.7. The first-order chi connectivity index (χ1) is 8.86. The molecule has 19 heavy (non-hydrogen) atoms. The maximum Gasteiger partial charge on any atom is 0.0722 e. The number of aliphatic hydroxyl groups excluding tert-OH is 1. The lowest BCUT2D eigenvalue weighted by molar-refractivity contribution is 0.162. The van der Waals surface area contributed by atoms with E-state index in [1.807, 2.05) is 11.7 Å². The maximum absolute atomic E-state index is 9.65. The Morgan fingerprint density at radius 2 is 2.00 bits per heavy atom. The van der Waals surface area contributed by atoms with Gasteiger partial charge in [-0.2, -0.15) is 5.10 Å². The van der Waals surface area contributed by atoms with E-state index in [1.54, 1.807) is 0 Å². The zero-order chi connectivity index (χ0) is 14.1. The molecule has 108 valence electrons. The van der Waals surface area contributed by atoms with Gasteiger partial charge in [0.25, 0.3) is 0 Å². The van der Waals surface area contributed by atoms with Gasteiger partial charge in [0, 0.05) is 36.3 Å². The Hall–Kier alpha value is -0.870. The van der Waals surface area contributed by atoms with Crippen LogP contribution in [0.4, 0.5) is 0 Å². The molecule has 1 aliphatic rings. The Labute approximate surface area is 116 Å². The van der Waals surface area contributed by atoms with E-state index in [4.69, 9.17) is 0 Å². The Morgan fingerprint density at radius 1 is 1.37 bits per heavy atom. The van der Waals surface area contributed by atoms with Crippen LogP contribution >= 0.6 is 0 Å². The minimum absolute atomic E-state index is 0.0559. The zero-order valence-corrected chi connectivity index (χ0v) is 12.7. The van der Waals surface area contributed by atoms with Crippen LogP contribution in [0, 0.1) is 0 Å². The second-order valence-electron chi connectivity index (χ2n) is 6.93. The molecule has 1 aliphatic carbocycles. The van der Waals surface area contributed by atoms with E-state index in [0.717, 1.165) is 25.1 Å². The summed E-state index contributed by atoms with van der Waals surface area (Å²) in [6.45, 7) is 7.60. The van der Waals surface area contributed by atoms with Gasteiger partial charge in [-0.3, -0.25) is 4.68 Å². The third kappa shape index (κ3) is 3.18. The van der Waals surface area contributed by atoms with Crippen molar-refractivity contribution in [2.45, 2.75) is 64.0 Å². The van der Waals surface area contributed by atoms with Gasteiger partial charge < -0.3 is 10.4 Å². The van der Waals surface area contributed by atoms with Crippen LogP contribution in [0.3, 0.4) is 0 Å². The van der Waals surface area contributed by atoms with Crippen molar-refractivity contribution in [3.8, 4) is 0 Å². The van der Waals surface area contributed by atoms with Gasteiger partial charge >= 0.3 is 0 Å². The van der Waals surface area contributed by atoms with E-state index in [0.29, 0.717) is 0 Å². The van der Waals surface area contributed by atoms with Crippen molar-refractivity contribution in [2.24, 2.45) is 7.05 Å². The molecule has 1 heterocycles. The van der Waals surface area contributed by atoms with Gasteiger partial charge in [-0.1, -0.05) is 33.6 Å². The summed E-state index contributed by atoms with van der Waals surface area (Å²) in [6, 6.07) is 0. The summed E-state index contributed by atoms with van der Waals surface area (Å²) in [6.07, 6.45) is 6.68. The fourth-order valence-corrected chi connectivity index (χ4v) is 3.02. The molecule has 4 heteroatoms. The lowest BCUT2D eigenvalue weighted by Gasteiger charge is -2.28. The molecule has 1 saturated carbocycles. The second-order valence-corrected chi connectivity index (χ2v) is 6.93. The van der Waals surface area contributed by atoms with E-state index in [2.05, 4.69) is 37.4 Å². The quantitative estimate of drug-likeness (QED) is 0.876. The van der Waals surface area contributed by atoms with Gasteiger partial charge in [-0.15, -0.1) is 0 Å². The predicted octanol–water partition coefficient (Wildman–Crippen LogP) is 2.11. The number of aromatic nitrogens is 2. The molecule has 1 fully saturated rings. The summed E-state index contributed by atoms with van der Waals surface area (Å²) < 4.78 is 1.89. The molecule has 1 aromatic heterocycles. The van der Waals surface area contributed by atoms with Gasteiger partial charge in [0.05, 0.1) is 12.3 Å². The lowest BCUT2D eigenvalue weighted by atomic mass is 9.89. The van der Waals surface area contributed by atoms with Crippen LogP contribution in [-0.2, 0) is 19.0 Å². The molecule has 0 saturated heterocycles. The smallest absolute Gasteiger partial charge is 0.0722 e. The summed E-state index contributed by atoms with van der Waals surface area (Å²) >= 11 is 0. The van der Waals surface area contributed by atoms with Crippen molar-refractivity contribution in [1.29, 1.82) is 0 Å². The Morgan fingerprint density at radius 3 is 2.53 bits per heavy atom. The van der Waals surface area contributed by atoms with Crippen molar-refractivity contribution in [3.63, 3.8) is 0 Å². The highest BCUT2D eigenvalue weighted by molar-refractivity contribution is 5.24. The lowest BCUT2D eigenvalue weighted by Crippen LogP contribution is -2.45. The van der Waals surface area contributed by atoms with Crippen molar-refractivity contribution >= 4 is 0 Å². The van der Waals surface area contributed by atoms with Crippen LogP contribution in [0.1, 0.15) is 57.7 Å². The first-order valence-corrected chi connectivity index (χ1v) is 7.25. The van der Waals surface area contributed by atoms with Crippen LogP contribution < -0.4 is 5.32 Å². The third-order valence-corrected chi connectivity index (χ3v) is 4.13. The maximum atomic E-state index is 9.65. The fourth-order valence-electron chi connectivity index (χ4n) is 3.02. The summed E-state index contributed by atoms with van der Waals surface area (Å²) in [5.41, 5.74) is 2.38. The molecule has 0 aliphatic heterocycles. The van der Waals surface area contributed by atoms with Crippen molar-refractivity contribution in [1.82, 2.24) is 15.1 Å². The van der Waals surface area contributed by atoms with Gasteiger partial charge in [0.2, 0.25) is 0 Å². The monoisotopic (exact) mass is 265 g/mol. The van der Waals surface area contributed by atoms with Crippen LogP contribution in [0.25, 0.3) is 0 Å². The minimum Gasteiger partial charge on any atom is -0.394 e. The molecular formula is C15H27N3O. The summed E-state index contributed by atoms with van der Waals surface area (Å²) in [7, 11) is 1.97. The standard InChI is InChI=1S/C15H27N3O/c1-14(2,3)13-12(10-18(4)17-13)9-16-15(11-19)7-5-6-8-15/h10,16,19H,5-9,11H2,1-4H3. The van der Waals surface area contributed by atoms with Crippen molar-refractivity contribution in [3.05, 3.63) is 17.5 Å². The largest absolute Gasteiger partial charge is 0.394 e. The molecule has 2 rings (SSSR count). The van der Waals surface area contributed by atoms with Gasteiger partial charge in [0.15, 0.2) is 0 Å². The molecule has 0 unspecified atom stereocenters. The summed E-state index contributed by atoms with van der Waals surface area (Å²) in [5, 5.41) is 17.8. The SMILES string of the molecule is Cn1cc(CNC2(CO)CCCC2)c(C(C)(C)C)n1. The van der Waals surface area contributed by atoms with E-state index in [1.165, 1.54) is 18.4 Å². The molecule has 0 radical (unpaired) electrons.